The molecule has 1 fully saturated rings. The van der Waals surface area contributed by atoms with E-state index in [1.807, 2.05) is 4.90 Å². The first-order valence-corrected chi connectivity index (χ1v) is 10.4. The molecule has 1 aliphatic rings. The molecule has 1 amide bonds. The van der Waals surface area contributed by atoms with Gasteiger partial charge in [-0.05, 0) is 46.6 Å². The number of rotatable bonds is 7. The molecule has 0 spiro atoms. The summed E-state index contributed by atoms with van der Waals surface area (Å²) in [5.41, 5.74) is -0.864. The molecule has 0 bridgehead atoms. The maximum atomic E-state index is 12.8. The fourth-order valence-electron chi connectivity index (χ4n) is 3.74. The third kappa shape index (κ3) is 6.47. The van der Waals surface area contributed by atoms with Gasteiger partial charge >= 0.3 is 6.18 Å². The molecule has 0 aliphatic carbocycles. The Hall–Kier alpha value is -1.54. The van der Waals surface area contributed by atoms with E-state index in [-0.39, 0.29) is 16.8 Å². The second kappa shape index (κ2) is 9.98. The second-order valence-corrected chi connectivity index (χ2v) is 8.41. The molecule has 0 atom stereocenters. The van der Waals surface area contributed by atoms with Gasteiger partial charge in [0.1, 0.15) is 5.82 Å². The van der Waals surface area contributed by atoms with E-state index >= 15 is 0 Å². The summed E-state index contributed by atoms with van der Waals surface area (Å²) < 4.78 is 38.3. The van der Waals surface area contributed by atoms with Gasteiger partial charge in [0.2, 0.25) is 5.91 Å². The summed E-state index contributed by atoms with van der Waals surface area (Å²) in [5.74, 6) is 0.262. The maximum absolute atomic E-state index is 12.8. The van der Waals surface area contributed by atoms with E-state index in [9.17, 15) is 18.0 Å². The fourth-order valence-corrected chi connectivity index (χ4v) is 4.02. The van der Waals surface area contributed by atoms with Crippen LogP contribution in [-0.4, -0.2) is 54.1 Å². The number of nitrogens with one attached hydrogen (secondary N) is 1. The van der Waals surface area contributed by atoms with E-state index in [0.717, 1.165) is 18.8 Å². The molecule has 164 valence electrons. The maximum Gasteiger partial charge on any atom is 0.417 e. The Bertz CT molecular complexity index is 681. The SMILES string of the molecule is CC(C)N(CCNC(=O)C1CCN(c2ncc(C(F)(F)F)cc2Cl)CC1)C(C)C. The first kappa shape index (κ1) is 23.7. The van der Waals surface area contributed by atoms with Gasteiger partial charge in [-0.1, -0.05) is 11.6 Å². The molecule has 0 unspecified atom stereocenters. The van der Waals surface area contributed by atoms with Gasteiger partial charge in [0.05, 0.1) is 10.6 Å². The zero-order chi connectivity index (χ0) is 21.8. The highest BCUT2D eigenvalue weighted by Gasteiger charge is 2.33. The van der Waals surface area contributed by atoms with E-state index in [1.54, 1.807) is 0 Å². The smallest absolute Gasteiger partial charge is 0.355 e. The number of carbonyl (C=O) groups is 1. The lowest BCUT2D eigenvalue weighted by molar-refractivity contribution is -0.137. The minimum Gasteiger partial charge on any atom is -0.355 e. The number of hydrogen-bond donors (Lipinski definition) is 1. The molecule has 1 aromatic heterocycles. The Labute approximate surface area is 175 Å². The van der Waals surface area contributed by atoms with Crippen LogP contribution < -0.4 is 10.2 Å². The highest BCUT2D eigenvalue weighted by Crippen LogP contribution is 2.34. The zero-order valence-electron chi connectivity index (χ0n) is 17.4. The van der Waals surface area contributed by atoms with Crippen LogP contribution in [0.4, 0.5) is 19.0 Å². The number of nitrogens with zero attached hydrogens (tertiary/aromatic N) is 3. The average Bonchev–Trinajstić information content (AvgIpc) is 2.63. The molecule has 5 nitrogen and oxygen atoms in total. The molecule has 0 radical (unpaired) electrons. The van der Waals surface area contributed by atoms with Crippen molar-refractivity contribution < 1.29 is 18.0 Å². The summed E-state index contributed by atoms with van der Waals surface area (Å²) in [5, 5.41) is 2.99. The second-order valence-electron chi connectivity index (χ2n) is 8.00. The van der Waals surface area contributed by atoms with Gasteiger partial charge in [0.15, 0.2) is 0 Å². The van der Waals surface area contributed by atoms with E-state index < -0.39 is 11.7 Å². The molecule has 1 aromatic rings. The number of piperidine rings is 1. The summed E-state index contributed by atoms with van der Waals surface area (Å²) in [6.07, 6.45) is -2.44. The predicted octanol–water partition coefficient (Wildman–Crippen LogP) is 4.21. The van der Waals surface area contributed by atoms with Crippen LogP contribution in [0.1, 0.15) is 46.1 Å². The molecular formula is C20H30ClF3N4O. The predicted molar refractivity (Wildman–Crippen MR) is 109 cm³/mol. The topological polar surface area (TPSA) is 48.5 Å². The molecule has 1 aliphatic heterocycles. The van der Waals surface area contributed by atoms with Crippen LogP contribution >= 0.6 is 11.6 Å². The largest absolute Gasteiger partial charge is 0.417 e. The molecule has 2 heterocycles. The van der Waals surface area contributed by atoms with Crippen LogP contribution in [0.15, 0.2) is 12.3 Å². The lowest BCUT2D eigenvalue weighted by Crippen LogP contribution is -2.45. The Morgan fingerprint density at radius 3 is 2.34 bits per heavy atom. The Balaban J connectivity index is 1.85. The number of amides is 1. The minimum absolute atomic E-state index is 0.0230. The average molecular weight is 435 g/mol. The van der Waals surface area contributed by atoms with Crippen molar-refractivity contribution in [1.82, 2.24) is 15.2 Å². The standard InChI is InChI=1S/C20H30ClF3N4O/c1-13(2)28(14(3)4)10-7-25-19(29)15-5-8-27(9-6-15)18-17(21)11-16(12-26-18)20(22,23)24/h11-15H,5-10H2,1-4H3,(H,25,29). The van der Waals surface area contributed by atoms with Crippen molar-refractivity contribution in [2.75, 3.05) is 31.1 Å². The molecule has 2 rings (SSSR count). The normalized spacial score (nSPS) is 16.2. The van der Waals surface area contributed by atoms with Gasteiger partial charge in [0, 0.05) is 50.4 Å². The monoisotopic (exact) mass is 434 g/mol. The van der Waals surface area contributed by atoms with Crippen molar-refractivity contribution in [3.05, 3.63) is 22.8 Å². The van der Waals surface area contributed by atoms with Gasteiger partial charge in [-0.25, -0.2) is 4.98 Å². The van der Waals surface area contributed by atoms with Crippen molar-refractivity contribution in [3.8, 4) is 0 Å². The third-order valence-electron chi connectivity index (χ3n) is 5.31. The van der Waals surface area contributed by atoms with Crippen LogP contribution in [-0.2, 0) is 11.0 Å². The first-order chi connectivity index (χ1) is 13.5. The molecule has 9 heteroatoms. The summed E-state index contributed by atoms with van der Waals surface area (Å²) in [6, 6.07) is 1.73. The molecule has 29 heavy (non-hydrogen) atoms. The molecule has 1 saturated heterocycles. The van der Waals surface area contributed by atoms with E-state index in [4.69, 9.17) is 11.6 Å². The van der Waals surface area contributed by atoms with Crippen LogP contribution in [0.2, 0.25) is 5.02 Å². The molecule has 1 N–H and O–H groups in total. The van der Waals surface area contributed by atoms with Crippen molar-refractivity contribution in [1.29, 1.82) is 0 Å². The van der Waals surface area contributed by atoms with E-state index in [1.165, 1.54) is 0 Å². The van der Waals surface area contributed by atoms with Crippen LogP contribution in [0, 0.1) is 5.92 Å². The summed E-state index contributed by atoms with van der Waals surface area (Å²) >= 11 is 6.03. The molecular weight excluding hydrogens is 405 g/mol. The van der Waals surface area contributed by atoms with Crippen molar-refractivity contribution >= 4 is 23.3 Å². The minimum atomic E-state index is -4.47. The summed E-state index contributed by atoms with van der Waals surface area (Å²) in [6.45, 7) is 11.0. The van der Waals surface area contributed by atoms with E-state index in [0.29, 0.717) is 50.4 Å². The van der Waals surface area contributed by atoms with Gasteiger partial charge in [-0.2, -0.15) is 13.2 Å². The summed E-state index contributed by atoms with van der Waals surface area (Å²) in [4.78, 5) is 20.5. The van der Waals surface area contributed by atoms with Gasteiger partial charge in [0.25, 0.3) is 0 Å². The quantitative estimate of drug-likeness (QED) is 0.698. The number of aromatic nitrogens is 1. The lowest BCUT2D eigenvalue weighted by Gasteiger charge is -2.33. The third-order valence-corrected chi connectivity index (χ3v) is 5.59. The van der Waals surface area contributed by atoms with Crippen LogP contribution in [0.3, 0.4) is 0 Å². The summed E-state index contributed by atoms with van der Waals surface area (Å²) in [7, 11) is 0. The fraction of sp³-hybridized carbons (Fsp3) is 0.700. The molecule has 0 aromatic carbocycles. The Morgan fingerprint density at radius 1 is 1.28 bits per heavy atom. The van der Waals surface area contributed by atoms with Gasteiger partial charge < -0.3 is 10.2 Å². The Morgan fingerprint density at radius 2 is 1.86 bits per heavy atom. The number of alkyl halides is 3. The number of carbonyl (C=O) groups excluding carboxylic acids is 1. The zero-order valence-corrected chi connectivity index (χ0v) is 18.1. The highest BCUT2D eigenvalue weighted by molar-refractivity contribution is 6.33. The van der Waals surface area contributed by atoms with E-state index in [2.05, 4.69) is 42.9 Å². The van der Waals surface area contributed by atoms with Crippen LogP contribution in [0.25, 0.3) is 0 Å². The highest BCUT2D eigenvalue weighted by atomic mass is 35.5. The van der Waals surface area contributed by atoms with Crippen molar-refractivity contribution in [3.63, 3.8) is 0 Å². The van der Waals surface area contributed by atoms with Gasteiger partial charge in [-0.3, -0.25) is 9.69 Å². The Kier molecular flexibility index (Phi) is 8.17. The lowest BCUT2D eigenvalue weighted by atomic mass is 9.96. The number of anilines is 1. The first-order valence-electron chi connectivity index (χ1n) is 10.0. The van der Waals surface area contributed by atoms with Gasteiger partial charge in [-0.15, -0.1) is 0 Å². The number of hydrogen-bond acceptors (Lipinski definition) is 4. The van der Waals surface area contributed by atoms with Crippen molar-refractivity contribution in [2.24, 2.45) is 5.92 Å². The van der Waals surface area contributed by atoms with Crippen LogP contribution in [0.5, 0.6) is 0 Å². The number of halogens is 4. The molecule has 0 saturated carbocycles. The van der Waals surface area contributed by atoms with Crippen molar-refractivity contribution in [2.45, 2.75) is 58.8 Å². The number of pyridine rings is 1.